The van der Waals surface area contributed by atoms with Crippen LogP contribution in [0.25, 0.3) is 0 Å². The van der Waals surface area contributed by atoms with Crippen molar-refractivity contribution in [2.24, 2.45) is 0 Å². The van der Waals surface area contributed by atoms with E-state index in [0.717, 1.165) is 9.13 Å². The van der Waals surface area contributed by atoms with E-state index in [4.69, 9.17) is 14.2 Å². The van der Waals surface area contributed by atoms with Gasteiger partial charge in [-0.05, 0) is 40.3 Å². The molecule has 0 amide bonds. The molecule has 0 fully saturated rings. The number of hydrogen-bond donors (Lipinski definition) is 1. The first-order valence-corrected chi connectivity index (χ1v) is 7.25. The van der Waals surface area contributed by atoms with Crippen LogP contribution in [0.4, 0.5) is 0 Å². The van der Waals surface area contributed by atoms with E-state index in [0.29, 0.717) is 11.5 Å². The third-order valence-electron chi connectivity index (χ3n) is 3.01. The predicted molar refractivity (Wildman–Crippen MR) is 83.0 cm³/mol. The van der Waals surface area contributed by atoms with Gasteiger partial charge in [-0.15, -0.1) is 0 Å². The van der Waals surface area contributed by atoms with E-state index in [1.807, 2.05) is 24.3 Å². The fourth-order valence-corrected chi connectivity index (χ4v) is 2.31. The predicted octanol–water partition coefficient (Wildman–Crippen LogP) is 3.30. The van der Waals surface area contributed by atoms with Crippen molar-refractivity contribution in [3.8, 4) is 17.2 Å². The van der Waals surface area contributed by atoms with Gasteiger partial charge < -0.3 is 19.3 Å². The van der Waals surface area contributed by atoms with Gasteiger partial charge in [0.2, 0.25) is 6.79 Å². The van der Waals surface area contributed by atoms with Crippen LogP contribution >= 0.6 is 22.6 Å². The van der Waals surface area contributed by atoms with Crippen LogP contribution in [-0.2, 0) is 6.61 Å². The highest BCUT2D eigenvalue weighted by Crippen LogP contribution is 2.38. The average molecular weight is 398 g/mol. The molecular weight excluding hydrogens is 387 g/mol. The van der Waals surface area contributed by atoms with Gasteiger partial charge in [0.05, 0.1) is 0 Å². The lowest BCUT2D eigenvalue weighted by Crippen LogP contribution is -2.03. The standard InChI is InChI=1S/C15H11IO5/c16-10-3-1-9(2-4-10)7-19-12-6-14-13(20-8-21-14)5-11(12)15(17)18/h1-6H,7-8H2,(H,17,18). The van der Waals surface area contributed by atoms with Crippen LogP contribution in [0.1, 0.15) is 15.9 Å². The molecular formula is C15H11IO5. The fourth-order valence-electron chi connectivity index (χ4n) is 1.95. The summed E-state index contributed by atoms with van der Waals surface area (Å²) in [4.78, 5) is 11.3. The number of fused-ring (bicyclic) bond motifs is 1. The minimum absolute atomic E-state index is 0.0600. The minimum Gasteiger partial charge on any atom is -0.488 e. The number of carboxylic acid groups (broad SMARTS) is 1. The van der Waals surface area contributed by atoms with Gasteiger partial charge in [-0.2, -0.15) is 0 Å². The van der Waals surface area contributed by atoms with E-state index >= 15 is 0 Å². The number of hydrogen-bond acceptors (Lipinski definition) is 4. The Kier molecular flexibility index (Phi) is 3.87. The molecule has 2 aromatic carbocycles. The first kappa shape index (κ1) is 14.0. The molecule has 0 atom stereocenters. The Labute approximate surface area is 134 Å². The number of halogens is 1. The van der Waals surface area contributed by atoms with Crippen molar-refractivity contribution in [3.05, 3.63) is 51.1 Å². The molecule has 0 spiro atoms. The third-order valence-corrected chi connectivity index (χ3v) is 3.73. The van der Waals surface area contributed by atoms with Crippen LogP contribution < -0.4 is 14.2 Å². The molecule has 2 aromatic rings. The van der Waals surface area contributed by atoms with E-state index in [-0.39, 0.29) is 24.7 Å². The average Bonchev–Trinajstić information content (AvgIpc) is 2.92. The van der Waals surface area contributed by atoms with Crippen LogP contribution in [0, 0.1) is 3.57 Å². The monoisotopic (exact) mass is 398 g/mol. The first-order chi connectivity index (χ1) is 10.1. The number of ether oxygens (including phenoxy) is 3. The van der Waals surface area contributed by atoms with Gasteiger partial charge in [0, 0.05) is 15.7 Å². The van der Waals surface area contributed by atoms with Crippen LogP contribution in [-0.4, -0.2) is 17.9 Å². The summed E-state index contributed by atoms with van der Waals surface area (Å²) in [5, 5.41) is 9.25. The highest BCUT2D eigenvalue weighted by atomic mass is 127. The highest BCUT2D eigenvalue weighted by Gasteiger charge is 2.21. The zero-order valence-electron chi connectivity index (χ0n) is 10.8. The van der Waals surface area contributed by atoms with E-state index in [9.17, 15) is 9.90 Å². The summed E-state index contributed by atoms with van der Waals surface area (Å²) >= 11 is 2.22. The van der Waals surface area contributed by atoms with Crippen molar-refractivity contribution >= 4 is 28.6 Å². The molecule has 0 saturated heterocycles. The molecule has 1 N–H and O–H groups in total. The molecule has 1 aliphatic rings. The zero-order chi connectivity index (χ0) is 14.8. The summed E-state index contributed by atoms with van der Waals surface area (Å²) in [6.45, 7) is 0.381. The lowest BCUT2D eigenvalue weighted by Gasteiger charge is -2.10. The van der Waals surface area contributed by atoms with Gasteiger partial charge in [-0.1, -0.05) is 12.1 Å². The highest BCUT2D eigenvalue weighted by molar-refractivity contribution is 14.1. The summed E-state index contributed by atoms with van der Waals surface area (Å²) in [6, 6.07) is 10.8. The third kappa shape index (κ3) is 3.05. The van der Waals surface area contributed by atoms with Gasteiger partial charge in [0.15, 0.2) is 11.5 Å². The van der Waals surface area contributed by atoms with Crippen LogP contribution in [0.15, 0.2) is 36.4 Å². The Balaban J connectivity index is 1.84. The molecule has 0 aliphatic carbocycles. The maximum atomic E-state index is 11.3. The molecule has 0 radical (unpaired) electrons. The summed E-state index contributed by atoms with van der Waals surface area (Å²) in [5.74, 6) is 0.128. The molecule has 0 saturated carbocycles. The summed E-state index contributed by atoms with van der Waals surface area (Å²) < 4.78 is 17.2. The second-order valence-electron chi connectivity index (χ2n) is 4.42. The Bertz CT molecular complexity index is 681. The molecule has 5 nitrogen and oxygen atoms in total. The van der Waals surface area contributed by atoms with Crippen LogP contribution in [0.5, 0.6) is 17.2 Å². The SMILES string of the molecule is O=C(O)c1cc2c(cc1OCc1ccc(I)cc1)OCO2. The largest absolute Gasteiger partial charge is 0.488 e. The van der Waals surface area contributed by atoms with E-state index in [2.05, 4.69) is 22.6 Å². The second-order valence-corrected chi connectivity index (χ2v) is 5.67. The molecule has 0 unspecified atom stereocenters. The van der Waals surface area contributed by atoms with Gasteiger partial charge in [-0.25, -0.2) is 4.79 Å². The lowest BCUT2D eigenvalue weighted by atomic mass is 10.1. The zero-order valence-corrected chi connectivity index (χ0v) is 13.0. The van der Waals surface area contributed by atoms with Crippen molar-refractivity contribution in [1.82, 2.24) is 0 Å². The fraction of sp³-hybridized carbons (Fsp3) is 0.133. The molecule has 1 aliphatic heterocycles. The molecule has 1 heterocycles. The van der Waals surface area contributed by atoms with Gasteiger partial charge in [0.1, 0.15) is 17.9 Å². The number of aromatic carboxylic acids is 1. The van der Waals surface area contributed by atoms with Crippen molar-refractivity contribution < 1.29 is 24.1 Å². The molecule has 3 rings (SSSR count). The quantitative estimate of drug-likeness (QED) is 0.801. The van der Waals surface area contributed by atoms with Crippen molar-refractivity contribution in [1.29, 1.82) is 0 Å². The van der Waals surface area contributed by atoms with E-state index in [1.54, 1.807) is 6.07 Å². The summed E-state index contributed by atoms with van der Waals surface area (Å²) in [6.07, 6.45) is 0. The van der Waals surface area contributed by atoms with Gasteiger partial charge in [0.25, 0.3) is 0 Å². The van der Waals surface area contributed by atoms with Crippen molar-refractivity contribution in [2.75, 3.05) is 6.79 Å². The molecule has 6 heteroatoms. The Hall–Kier alpha value is -1.96. The molecule has 108 valence electrons. The Morgan fingerprint density at radius 2 is 1.86 bits per heavy atom. The van der Waals surface area contributed by atoms with E-state index in [1.165, 1.54) is 6.07 Å². The van der Waals surface area contributed by atoms with Crippen molar-refractivity contribution in [3.63, 3.8) is 0 Å². The number of carbonyl (C=O) groups is 1. The van der Waals surface area contributed by atoms with Crippen molar-refractivity contribution in [2.45, 2.75) is 6.61 Å². The van der Waals surface area contributed by atoms with Crippen LogP contribution in [0.2, 0.25) is 0 Å². The van der Waals surface area contributed by atoms with E-state index < -0.39 is 5.97 Å². The summed E-state index contributed by atoms with van der Waals surface area (Å²) in [5.41, 5.74) is 1.02. The maximum Gasteiger partial charge on any atom is 0.339 e. The first-order valence-electron chi connectivity index (χ1n) is 6.17. The minimum atomic E-state index is -1.06. The number of carboxylic acids is 1. The number of benzene rings is 2. The van der Waals surface area contributed by atoms with Crippen LogP contribution in [0.3, 0.4) is 0 Å². The normalized spacial score (nSPS) is 12.2. The molecule has 0 aromatic heterocycles. The molecule has 21 heavy (non-hydrogen) atoms. The summed E-state index contributed by atoms with van der Waals surface area (Å²) in [7, 11) is 0. The molecule has 0 bridgehead atoms. The maximum absolute atomic E-state index is 11.3. The number of rotatable bonds is 4. The van der Waals surface area contributed by atoms with Gasteiger partial charge >= 0.3 is 5.97 Å². The second kappa shape index (κ2) is 5.80. The topological polar surface area (TPSA) is 65.0 Å². The Morgan fingerprint density at radius 1 is 1.19 bits per heavy atom. The Morgan fingerprint density at radius 3 is 2.52 bits per heavy atom. The smallest absolute Gasteiger partial charge is 0.339 e. The van der Waals surface area contributed by atoms with Gasteiger partial charge in [-0.3, -0.25) is 0 Å². The lowest BCUT2D eigenvalue weighted by molar-refractivity contribution is 0.0691.